The lowest BCUT2D eigenvalue weighted by atomic mass is 9.68. The number of esters is 2. The molecule has 5 rings (SSSR count). The number of anilines is 1. The molecular weight excluding hydrogens is 507 g/mol. The first-order valence-corrected chi connectivity index (χ1v) is 12.8. The molecule has 0 bridgehead atoms. The molecule has 2 aromatic carbocycles. The minimum Gasteiger partial charge on any atom is -0.468 e. The quantitative estimate of drug-likeness (QED) is 0.378. The number of methoxy groups -OCH3 is 2. The van der Waals surface area contributed by atoms with E-state index in [-0.39, 0.29) is 23.4 Å². The number of carbonyl (C=O) groups is 3. The van der Waals surface area contributed by atoms with Gasteiger partial charge in [-0.15, -0.1) is 11.3 Å². The van der Waals surface area contributed by atoms with E-state index in [0.29, 0.717) is 16.3 Å². The summed E-state index contributed by atoms with van der Waals surface area (Å²) in [5, 5.41) is 1.83. The smallest absolute Gasteiger partial charge is 0.338 e. The molecule has 0 spiro atoms. The van der Waals surface area contributed by atoms with Crippen molar-refractivity contribution in [2.24, 2.45) is 11.7 Å². The summed E-state index contributed by atoms with van der Waals surface area (Å²) in [4.78, 5) is 42.9. The Morgan fingerprint density at radius 2 is 1.79 bits per heavy atom. The van der Waals surface area contributed by atoms with Gasteiger partial charge in [0.1, 0.15) is 17.6 Å². The molecule has 3 aromatic rings. The van der Waals surface area contributed by atoms with Gasteiger partial charge >= 0.3 is 11.9 Å². The van der Waals surface area contributed by atoms with Crippen molar-refractivity contribution in [3.8, 4) is 0 Å². The van der Waals surface area contributed by atoms with Crippen molar-refractivity contribution < 1.29 is 28.2 Å². The maximum absolute atomic E-state index is 14.4. The van der Waals surface area contributed by atoms with Crippen LogP contribution in [-0.2, 0) is 23.9 Å². The van der Waals surface area contributed by atoms with Gasteiger partial charge in [0, 0.05) is 22.1 Å². The number of Topliss-reactive ketones (excluding diaryl/α,β-unsaturated/α-hetero) is 1. The number of halogens is 1. The highest BCUT2D eigenvalue weighted by molar-refractivity contribution is 7.10. The molecule has 1 aliphatic carbocycles. The number of ether oxygens (including phenoxy) is 2. The van der Waals surface area contributed by atoms with Crippen LogP contribution in [0.5, 0.6) is 0 Å². The number of hydrogen-bond donors (Lipinski definition) is 1. The zero-order chi connectivity index (χ0) is 27.0. The monoisotopic (exact) mass is 532 g/mol. The summed E-state index contributed by atoms with van der Waals surface area (Å²) in [5.74, 6) is -4.90. The van der Waals surface area contributed by atoms with Gasteiger partial charge in [-0.2, -0.15) is 0 Å². The van der Waals surface area contributed by atoms with Gasteiger partial charge in [0.25, 0.3) is 0 Å². The lowest BCUT2D eigenvalue weighted by molar-refractivity contribution is -0.150. The molecule has 1 aromatic heterocycles. The molecule has 0 fully saturated rings. The van der Waals surface area contributed by atoms with E-state index in [9.17, 15) is 18.8 Å². The third-order valence-electron chi connectivity index (χ3n) is 7.02. The molecule has 3 atom stereocenters. The number of benzene rings is 2. The Labute approximate surface area is 223 Å². The molecular formula is C29H25FN2O5S. The van der Waals surface area contributed by atoms with Gasteiger partial charge < -0.3 is 15.2 Å². The topological polar surface area (TPSA) is 98.9 Å². The minimum absolute atomic E-state index is 0.0377. The Hall–Kier alpha value is -4.24. The molecule has 38 heavy (non-hydrogen) atoms. The van der Waals surface area contributed by atoms with Crippen LogP contribution < -0.4 is 10.6 Å². The van der Waals surface area contributed by atoms with E-state index in [1.165, 1.54) is 48.7 Å². The number of allylic oxidation sites excluding steroid dienone is 2. The lowest BCUT2D eigenvalue weighted by Crippen LogP contribution is -2.46. The molecule has 2 heterocycles. The zero-order valence-electron chi connectivity index (χ0n) is 20.7. The molecule has 0 unspecified atom stereocenters. The van der Waals surface area contributed by atoms with Crippen molar-refractivity contribution in [3.63, 3.8) is 0 Å². The van der Waals surface area contributed by atoms with E-state index in [1.54, 1.807) is 12.1 Å². The van der Waals surface area contributed by atoms with Crippen LogP contribution in [0.3, 0.4) is 0 Å². The molecule has 194 valence electrons. The zero-order valence-corrected chi connectivity index (χ0v) is 21.5. The average Bonchev–Trinajstić information content (AvgIpc) is 3.46. The van der Waals surface area contributed by atoms with Crippen molar-refractivity contribution in [2.75, 3.05) is 19.1 Å². The molecule has 2 N–H and O–H groups in total. The van der Waals surface area contributed by atoms with E-state index < -0.39 is 41.3 Å². The van der Waals surface area contributed by atoms with Gasteiger partial charge in [0.05, 0.1) is 31.4 Å². The third-order valence-corrected chi connectivity index (χ3v) is 7.96. The SMILES string of the molecule is COC(=O)C1=C(N)N(c2cccc(F)c2)C2=C(C(=O)[C@H](C(=O)OC)[C@@H](c3ccccc3)C2)[C@H]1c1cccs1. The Morgan fingerprint density at radius 3 is 2.42 bits per heavy atom. The molecule has 0 radical (unpaired) electrons. The van der Waals surface area contributed by atoms with Gasteiger partial charge in [-0.1, -0.05) is 42.5 Å². The first-order chi connectivity index (χ1) is 18.4. The third kappa shape index (κ3) is 4.18. The number of rotatable bonds is 5. The van der Waals surface area contributed by atoms with Crippen LogP contribution in [0.4, 0.5) is 10.1 Å². The normalized spacial score (nSPS) is 21.3. The molecule has 7 nitrogen and oxygen atoms in total. The van der Waals surface area contributed by atoms with Crippen molar-refractivity contribution in [3.05, 3.63) is 111 Å². The molecule has 0 saturated heterocycles. The highest BCUT2D eigenvalue weighted by atomic mass is 32.1. The fourth-order valence-electron chi connectivity index (χ4n) is 5.40. The van der Waals surface area contributed by atoms with Crippen LogP contribution in [-0.4, -0.2) is 31.9 Å². The van der Waals surface area contributed by atoms with Gasteiger partial charge in [0.15, 0.2) is 5.78 Å². The maximum Gasteiger partial charge on any atom is 0.338 e. The minimum atomic E-state index is -1.14. The molecule has 9 heteroatoms. The van der Waals surface area contributed by atoms with E-state index in [2.05, 4.69) is 0 Å². The van der Waals surface area contributed by atoms with E-state index in [4.69, 9.17) is 15.2 Å². The second kappa shape index (κ2) is 10.3. The van der Waals surface area contributed by atoms with Gasteiger partial charge in [-0.25, -0.2) is 9.18 Å². The Kier molecular flexibility index (Phi) is 6.86. The van der Waals surface area contributed by atoms with Gasteiger partial charge in [0.2, 0.25) is 0 Å². The van der Waals surface area contributed by atoms with Crippen molar-refractivity contribution in [1.82, 2.24) is 0 Å². The van der Waals surface area contributed by atoms with E-state index >= 15 is 0 Å². The van der Waals surface area contributed by atoms with Crippen LogP contribution in [0.2, 0.25) is 0 Å². The van der Waals surface area contributed by atoms with Crippen LogP contribution in [0.25, 0.3) is 0 Å². The summed E-state index contributed by atoms with van der Waals surface area (Å²) in [6, 6.07) is 18.6. The summed E-state index contributed by atoms with van der Waals surface area (Å²) >= 11 is 1.35. The molecule has 0 saturated carbocycles. The van der Waals surface area contributed by atoms with Crippen LogP contribution in [0, 0.1) is 11.7 Å². The summed E-state index contributed by atoms with van der Waals surface area (Å²) in [6.07, 6.45) is 0.221. The number of nitrogens with two attached hydrogens (primary N) is 1. The largest absolute Gasteiger partial charge is 0.468 e. The predicted octanol–water partition coefficient (Wildman–Crippen LogP) is 4.63. The van der Waals surface area contributed by atoms with Crippen LogP contribution in [0.1, 0.15) is 28.7 Å². The number of thiophene rings is 1. The summed E-state index contributed by atoms with van der Waals surface area (Å²) < 4.78 is 24.6. The highest BCUT2D eigenvalue weighted by Crippen LogP contribution is 2.52. The van der Waals surface area contributed by atoms with Gasteiger partial charge in [-0.3, -0.25) is 14.5 Å². The summed E-state index contributed by atoms with van der Waals surface area (Å²) in [5.41, 5.74) is 8.60. The number of nitrogens with zero attached hydrogens (tertiary/aromatic N) is 1. The molecule has 0 amide bonds. The standard InChI is InChI=1S/C29H25FN2O5S/c1-36-28(34)22-19(16-8-4-3-5-9-16)15-20-23(26(22)33)24(21-12-7-13-38-21)25(29(35)37-2)27(31)32(20)18-11-6-10-17(30)14-18/h3-14,19,22,24H,15,31H2,1-2H3/t19-,22-,24-/m1/s1. The fraction of sp³-hybridized carbons (Fsp3) is 0.207. The van der Waals surface area contributed by atoms with Crippen molar-refractivity contribution in [2.45, 2.75) is 18.3 Å². The lowest BCUT2D eigenvalue weighted by Gasteiger charge is -2.43. The molecule has 2 aliphatic rings. The fourth-order valence-corrected chi connectivity index (χ4v) is 6.24. The van der Waals surface area contributed by atoms with E-state index in [1.807, 2.05) is 41.8 Å². The maximum atomic E-state index is 14.4. The number of ketones is 1. The molecule has 1 aliphatic heterocycles. The van der Waals surface area contributed by atoms with Gasteiger partial charge in [-0.05, 0) is 41.6 Å². The Morgan fingerprint density at radius 1 is 1.03 bits per heavy atom. The van der Waals surface area contributed by atoms with Crippen molar-refractivity contribution in [1.29, 1.82) is 0 Å². The van der Waals surface area contributed by atoms with Crippen molar-refractivity contribution >= 4 is 34.7 Å². The highest BCUT2D eigenvalue weighted by Gasteiger charge is 2.51. The average molecular weight is 533 g/mol. The summed E-state index contributed by atoms with van der Waals surface area (Å²) in [6.45, 7) is 0. The number of hydrogen-bond acceptors (Lipinski definition) is 8. The number of carbonyl (C=O) groups excluding carboxylic acids is 3. The Balaban J connectivity index is 1.82. The first kappa shape index (κ1) is 25.4. The second-order valence-electron chi connectivity index (χ2n) is 9.00. The van der Waals surface area contributed by atoms with Crippen LogP contribution in [0.15, 0.2) is 94.8 Å². The summed E-state index contributed by atoms with van der Waals surface area (Å²) in [7, 11) is 2.48. The predicted molar refractivity (Wildman–Crippen MR) is 141 cm³/mol. The first-order valence-electron chi connectivity index (χ1n) is 11.9. The Bertz CT molecular complexity index is 1470. The van der Waals surface area contributed by atoms with E-state index in [0.717, 1.165) is 5.56 Å². The van der Waals surface area contributed by atoms with Crippen LogP contribution >= 0.6 is 11.3 Å². The second-order valence-corrected chi connectivity index (χ2v) is 9.98.